The topological polar surface area (TPSA) is 89.2 Å². The van der Waals surface area contributed by atoms with Gasteiger partial charge in [-0.15, -0.1) is 5.10 Å². The molecule has 1 aliphatic rings. The molecule has 0 atom stereocenters. The minimum absolute atomic E-state index is 0.155. The highest BCUT2D eigenvalue weighted by Gasteiger charge is 2.20. The third kappa shape index (κ3) is 4.09. The Balaban J connectivity index is 1.72. The molecule has 1 aliphatic heterocycles. The van der Waals surface area contributed by atoms with Crippen molar-refractivity contribution in [3.8, 4) is 11.4 Å². The number of aldehydes is 1. The molecule has 0 bridgehead atoms. The van der Waals surface area contributed by atoms with Crippen molar-refractivity contribution in [3.63, 3.8) is 0 Å². The van der Waals surface area contributed by atoms with Gasteiger partial charge in [-0.3, -0.25) is 9.36 Å². The van der Waals surface area contributed by atoms with Crippen LogP contribution >= 0.6 is 0 Å². The van der Waals surface area contributed by atoms with E-state index in [0.29, 0.717) is 18.7 Å². The van der Waals surface area contributed by atoms with Crippen LogP contribution in [0.1, 0.15) is 12.1 Å². The fourth-order valence-electron chi connectivity index (χ4n) is 3.38. The molecule has 0 spiro atoms. The maximum Gasteiger partial charge on any atom is 0.298 e. The Labute approximate surface area is 168 Å². The Bertz CT molecular complexity index is 1020. The van der Waals surface area contributed by atoms with Crippen molar-refractivity contribution in [2.75, 3.05) is 38.1 Å². The van der Waals surface area contributed by atoms with Gasteiger partial charge in [-0.25, -0.2) is 9.67 Å². The van der Waals surface area contributed by atoms with Crippen LogP contribution in [0.5, 0.6) is 0 Å². The molecule has 150 valence electrons. The van der Waals surface area contributed by atoms with Crippen molar-refractivity contribution in [1.29, 1.82) is 0 Å². The van der Waals surface area contributed by atoms with Crippen LogP contribution in [0, 0.1) is 0 Å². The Morgan fingerprint density at radius 1 is 1.07 bits per heavy atom. The van der Waals surface area contributed by atoms with Gasteiger partial charge in [-0.2, -0.15) is 0 Å². The summed E-state index contributed by atoms with van der Waals surface area (Å²) in [5.41, 5.74) is 2.17. The summed E-state index contributed by atoms with van der Waals surface area (Å²) in [5.74, 6) is 0.446. The minimum Gasteiger partial charge on any atom is -0.349 e. The minimum atomic E-state index is -0.155. The molecule has 0 radical (unpaired) electrons. The monoisotopic (exact) mass is 393 g/mol. The summed E-state index contributed by atoms with van der Waals surface area (Å²) in [5, 5.41) is 7.79. The highest BCUT2D eigenvalue weighted by Crippen LogP contribution is 2.15. The van der Waals surface area contributed by atoms with Gasteiger partial charge in [0.05, 0.1) is 23.8 Å². The summed E-state index contributed by atoms with van der Waals surface area (Å²) in [7, 11) is 2.07. The number of hydrogen-bond acceptors (Lipinski definition) is 7. The van der Waals surface area contributed by atoms with Crippen LogP contribution in [0.25, 0.3) is 11.4 Å². The number of carbonyl (C=O) groups excluding carboxylic acids is 1. The molecule has 0 unspecified atom stereocenters. The molecule has 4 rings (SSSR count). The van der Waals surface area contributed by atoms with Gasteiger partial charge in [-0.05, 0) is 37.7 Å². The Hall–Kier alpha value is -3.33. The number of aromatic nitrogens is 5. The normalized spacial score (nSPS) is 14.9. The third-order valence-corrected chi connectivity index (χ3v) is 5.07. The summed E-state index contributed by atoms with van der Waals surface area (Å²) in [4.78, 5) is 32.9. The van der Waals surface area contributed by atoms with Crippen LogP contribution in [0.3, 0.4) is 0 Å². The Morgan fingerprint density at radius 3 is 2.45 bits per heavy atom. The fraction of sp³-hybridized carbons (Fsp3) is 0.350. The van der Waals surface area contributed by atoms with Crippen molar-refractivity contribution in [1.82, 2.24) is 29.4 Å². The number of hydrogen-bond donors (Lipinski definition) is 0. The Kier molecular flexibility index (Phi) is 5.48. The molecule has 29 heavy (non-hydrogen) atoms. The number of nitrogens with zero attached hydrogens (tertiary/aromatic N) is 7. The molecular formula is C20H23N7O2. The van der Waals surface area contributed by atoms with Gasteiger partial charge in [0, 0.05) is 44.5 Å². The fourth-order valence-corrected chi connectivity index (χ4v) is 3.38. The van der Waals surface area contributed by atoms with Crippen molar-refractivity contribution in [2.24, 2.45) is 0 Å². The van der Waals surface area contributed by atoms with E-state index >= 15 is 0 Å². The van der Waals surface area contributed by atoms with Gasteiger partial charge < -0.3 is 14.6 Å². The summed E-state index contributed by atoms with van der Waals surface area (Å²) >= 11 is 0. The van der Waals surface area contributed by atoms with E-state index < -0.39 is 0 Å². The molecule has 3 aromatic rings. The largest absolute Gasteiger partial charge is 0.349 e. The molecule has 9 heteroatoms. The summed E-state index contributed by atoms with van der Waals surface area (Å²) in [6.45, 7) is 3.26. The lowest BCUT2D eigenvalue weighted by Gasteiger charge is -2.33. The first-order valence-electron chi connectivity index (χ1n) is 9.62. The van der Waals surface area contributed by atoms with Gasteiger partial charge in [0.1, 0.15) is 6.29 Å². The molecule has 1 aromatic carbocycles. The first-order chi connectivity index (χ1) is 14.2. The van der Waals surface area contributed by atoms with Gasteiger partial charge >= 0.3 is 0 Å². The summed E-state index contributed by atoms with van der Waals surface area (Å²) < 4.78 is 3.27. The van der Waals surface area contributed by atoms with E-state index in [9.17, 15) is 9.59 Å². The summed E-state index contributed by atoms with van der Waals surface area (Å²) in [6, 6.07) is 7.51. The van der Waals surface area contributed by atoms with Gasteiger partial charge in [-0.1, -0.05) is 5.21 Å². The van der Waals surface area contributed by atoms with Gasteiger partial charge in [0.15, 0.2) is 5.82 Å². The molecule has 0 N–H and O–H groups in total. The zero-order valence-corrected chi connectivity index (χ0v) is 16.3. The van der Waals surface area contributed by atoms with Crippen molar-refractivity contribution in [3.05, 3.63) is 58.9 Å². The highest BCUT2D eigenvalue weighted by atomic mass is 16.1. The maximum atomic E-state index is 13.2. The number of carbonyl (C=O) groups is 1. The molecule has 1 fully saturated rings. The molecular weight excluding hydrogens is 370 g/mol. The molecule has 3 heterocycles. The average molecular weight is 393 g/mol. The first-order valence-corrected chi connectivity index (χ1v) is 9.62. The number of aryl methyl sites for hydroxylation is 1. The number of likely N-dealkylation sites (N-methyl/N-ethyl adjacent to an activating group) is 1. The van der Waals surface area contributed by atoms with Crippen LogP contribution < -0.4 is 10.5 Å². The number of piperazine rings is 1. The van der Waals surface area contributed by atoms with E-state index in [4.69, 9.17) is 0 Å². The molecule has 0 aliphatic carbocycles. The van der Waals surface area contributed by atoms with Crippen LogP contribution in [-0.2, 0) is 11.2 Å². The van der Waals surface area contributed by atoms with Crippen molar-refractivity contribution >= 4 is 12.1 Å². The second kappa shape index (κ2) is 8.36. The first kappa shape index (κ1) is 19.0. The average Bonchev–Trinajstić information content (AvgIpc) is 3.29. The van der Waals surface area contributed by atoms with E-state index in [-0.39, 0.29) is 5.56 Å². The second-order valence-electron chi connectivity index (χ2n) is 7.09. The summed E-state index contributed by atoms with van der Waals surface area (Å²) in [6.07, 6.45) is 6.86. The predicted molar refractivity (Wildman–Crippen MR) is 109 cm³/mol. The van der Waals surface area contributed by atoms with E-state index in [1.165, 1.54) is 0 Å². The second-order valence-corrected chi connectivity index (χ2v) is 7.09. The van der Waals surface area contributed by atoms with Gasteiger partial charge in [0.25, 0.3) is 5.56 Å². The molecule has 1 saturated heterocycles. The molecule has 9 nitrogen and oxygen atoms in total. The van der Waals surface area contributed by atoms with Crippen LogP contribution in [0.15, 0.2) is 47.7 Å². The predicted octanol–water partition coefficient (Wildman–Crippen LogP) is 0.696. The maximum absolute atomic E-state index is 13.2. The smallest absolute Gasteiger partial charge is 0.298 e. The van der Waals surface area contributed by atoms with Crippen molar-refractivity contribution in [2.45, 2.75) is 12.8 Å². The third-order valence-electron chi connectivity index (χ3n) is 5.07. The quantitative estimate of drug-likeness (QED) is 0.570. The number of anilines is 1. The van der Waals surface area contributed by atoms with Crippen LogP contribution in [-0.4, -0.2) is 69.0 Å². The molecule has 0 amide bonds. The molecule has 2 aromatic heterocycles. The highest BCUT2D eigenvalue weighted by molar-refractivity contribution is 5.50. The van der Waals surface area contributed by atoms with E-state index in [0.717, 1.165) is 49.5 Å². The number of rotatable bonds is 6. The standard InChI is InChI=1S/C20H23N7O2/c1-24-10-12-25(13-11-24)19-20(29)26(15-16(22-19)3-2-14-28)17-4-6-18(7-5-17)27-9-8-21-23-27/h4-9,14-15H,2-3,10-13H2,1H3. The van der Waals surface area contributed by atoms with Gasteiger partial charge in [0.2, 0.25) is 0 Å². The van der Waals surface area contributed by atoms with Crippen LogP contribution in [0.2, 0.25) is 0 Å². The lowest BCUT2D eigenvalue weighted by Crippen LogP contribution is -2.47. The van der Waals surface area contributed by atoms with E-state index in [2.05, 4.69) is 27.2 Å². The lowest BCUT2D eigenvalue weighted by atomic mass is 10.2. The van der Waals surface area contributed by atoms with Crippen LogP contribution in [0.4, 0.5) is 5.82 Å². The lowest BCUT2D eigenvalue weighted by molar-refractivity contribution is -0.107. The zero-order chi connectivity index (χ0) is 20.2. The van der Waals surface area contributed by atoms with Crippen molar-refractivity contribution < 1.29 is 4.79 Å². The molecule has 0 saturated carbocycles. The zero-order valence-electron chi connectivity index (χ0n) is 16.3. The SMILES string of the molecule is CN1CCN(c2nc(CCC=O)cn(-c3ccc(-n4ccnn4)cc3)c2=O)CC1. The Morgan fingerprint density at radius 2 is 1.79 bits per heavy atom. The van der Waals surface area contributed by atoms with E-state index in [1.807, 2.05) is 29.2 Å². The van der Waals surface area contributed by atoms with E-state index in [1.54, 1.807) is 27.8 Å². The number of benzene rings is 1.